The SMILES string of the molecule is Oc1ccc(C(=C(CCCI)C2C=CC=C2)c2ccc(O)cc2)cc1. The van der Waals surface area contributed by atoms with Crippen molar-refractivity contribution >= 4 is 28.2 Å². The Labute approximate surface area is 162 Å². The zero-order chi connectivity index (χ0) is 17.6. The van der Waals surface area contributed by atoms with Crippen molar-refractivity contribution in [3.05, 3.63) is 89.5 Å². The lowest BCUT2D eigenvalue weighted by molar-refractivity contribution is 0.475. The summed E-state index contributed by atoms with van der Waals surface area (Å²) in [6.45, 7) is 0. The van der Waals surface area contributed by atoms with Crippen LogP contribution in [-0.4, -0.2) is 14.6 Å². The van der Waals surface area contributed by atoms with Crippen LogP contribution in [0.4, 0.5) is 0 Å². The van der Waals surface area contributed by atoms with E-state index in [1.165, 1.54) is 11.1 Å². The van der Waals surface area contributed by atoms with Crippen LogP contribution in [-0.2, 0) is 0 Å². The molecule has 2 N–H and O–H groups in total. The Balaban J connectivity index is 2.18. The van der Waals surface area contributed by atoms with E-state index in [0.29, 0.717) is 5.92 Å². The highest BCUT2D eigenvalue weighted by atomic mass is 127. The second-order valence-electron chi connectivity index (χ2n) is 6.08. The van der Waals surface area contributed by atoms with Crippen molar-refractivity contribution in [3.63, 3.8) is 0 Å². The molecule has 0 atom stereocenters. The summed E-state index contributed by atoms with van der Waals surface area (Å²) in [5.41, 5.74) is 4.73. The molecule has 0 radical (unpaired) electrons. The van der Waals surface area contributed by atoms with Crippen LogP contribution >= 0.6 is 22.6 Å². The second-order valence-corrected chi connectivity index (χ2v) is 7.16. The molecule has 0 fully saturated rings. The van der Waals surface area contributed by atoms with E-state index >= 15 is 0 Å². The summed E-state index contributed by atoms with van der Waals surface area (Å²) in [5.74, 6) is 0.826. The topological polar surface area (TPSA) is 40.5 Å². The van der Waals surface area contributed by atoms with Crippen molar-refractivity contribution in [2.45, 2.75) is 12.8 Å². The van der Waals surface area contributed by atoms with Crippen molar-refractivity contribution < 1.29 is 10.2 Å². The van der Waals surface area contributed by atoms with E-state index in [2.05, 4.69) is 46.9 Å². The Morgan fingerprint density at radius 1 is 0.800 bits per heavy atom. The van der Waals surface area contributed by atoms with Crippen LogP contribution in [0, 0.1) is 5.92 Å². The highest BCUT2D eigenvalue weighted by molar-refractivity contribution is 14.1. The number of alkyl halides is 1. The lowest BCUT2D eigenvalue weighted by Gasteiger charge is -2.20. The zero-order valence-corrected chi connectivity index (χ0v) is 16.1. The molecule has 0 spiro atoms. The first-order valence-corrected chi connectivity index (χ1v) is 9.94. The summed E-state index contributed by atoms with van der Waals surface area (Å²) >= 11 is 2.42. The molecule has 3 heteroatoms. The van der Waals surface area contributed by atoms with Crippen molar-refractivity contribution in [1.29, 1.82) is 0 Å². The molecule has 2 aromatic rings. The molecule has 1 aliphatic carbocycles. The Kier molecular flexibility index (Phi) is 5.97. The molecule has 0 bridgehead atoms. The number of halogens is 1. The predicted molar refractivity (Wildman–Crippen MR) is 112 cm³/mol. The Morgan fingerprint density at radius 3 is 1.72 bits per heavy atom. The number of aromatic hydroxyl groups is 2. The van der Waals surface area contributed by atoms with Gasteiger partial charge in [0.2, 0.25) is 0 Å². The molecule has 0 aliphatic heterocycles. The van der Waals surface area contributed by atoms with Crippen molar-refractivity contribution in [1.82, 2.24) is 0 Å². The summed E-state index contributed by atoms with van der Waals surface area (Å²) in [6, 6.07) is 14.8. The van der Waals surface area contributed by atoms with Gasteiger partial charge in [-0.05, 0) is 58.2 Å². The Morgan fingerprint density at radius 2 is 1.28 bits per heavy atom. The van der Waals surface area contributed by atoms with Crippen LogP contribution in [0.3, 0.4) is 0 Å². The van der Waals surface area contributed by atoms with Gasteiger partial charge in [-0.1, -0.05) is 76.7 Å². The molecule has 0 unspecified atom stereocenters. The quantitative estimate of drug-likeness (QED) is 0.433. The van der Waals surface area contributed by atoms with E-state index in [1.54, 1.807) is 24.3 Å². The largest absolute Gasteiger partial charge is 0.508 e. The number of phenols is 2. The molecular weight excluding hydrogens is 423 g/mol. The van der Waals surface area contributed by atoms with Gasteiger partial charge in [0.05, 0.1) is 0 Å². The molecule has 2 nitrogen and oxygen atoms in total. The number of benzene rings is 2. The molecule has 0 aromatic heterocycles. The highest BCUT2D eigenvalue weighted by Crippen LogP contribution is 2.36. The second kappa shape index (κ2) is 8.39. The Bertz CT molecular complexity index is 739. The van der Waals surface area contributed by atoms with Gasteiger partial charge in [0, 0.05) is 5.92 Å². The van der Waals surface area contributed by atoms with Gasteiger partial charge in [-0.15, -0.1) is 0 Å². The number of phenolic OH excluding ortho intramolecular Hbond substituents is 2. The average molecular weight is 444 g/mol. The zero-order valence-electron chi connectivity index (χ0n) is 13.9. The summed E-state index contributed by atoms with van der Waals surface area (Å²) in [5, 5.41) is 19.3. The van der Waals surface area contributed by atoms with Crippen LogP contribution in [0.15, 0.2) is 78.4 Å². The third-order valence-corrected chi connectivity index (χ3v) is 5.13. The van der Waals surface area contributed by atoms with Crippen LogP contribution in [0.5, 0.6) is 11.5 Å². The lowest BCUT2D eigenvalue weighted by atomic mass is 9.84. The average Bonchev–Trinajstić information content (AvgIpc) is 3.15. The highest BCUT2D eigenvalue weighted by Gasteiger charge is 2.18. The minimum atomic E-state index is 0.267. The van der Waals surface area contributed by atoms with E-state index in [-0.39, 0.29) is 11.5 Å². The molecule has 0 saturated carbocycles. The molecule has 0 heterocycles. The molecule has 25 heavy (non-hydrogen) atoms. The molecular formula is C22H21IO2. The molecule has 0 saturated heterocycles. The summed E-state index contributed by atoms with van der Waals surface area (Å²) in [7, 11) is 0. The fourth-order valence-corrected chi connectivity index (χ4v) is 3.55. The third kappa shape index (κ3) is 4.34. The first kappa shape index (κ1) is 17.8. The molecule has 3 rings (SSSR count). The number of allylic oxidation sites excluding steroid dienone is 5. The van der Waals surface area contributed by atoms with Gasteiger partial charge >= 0.3 is 0 Å². The van der Waals surface area contributed by atoms with Gasteiger partial charge in [-0.3, -0.25) is 0 Å². The minimum Gasteiger partial charge on any atom is -0.508 e. The third-order valence-electron chi connectivity index (χ3n) is 4.36. The number of rotatable bonds is 6. The van der Waals surface area contributed by atoms with Crippen LogP contribution in [0.2, 0.25) is 0 Å². The first-order chi connectivity index (χ1) is 12.2. The van der Waals surface area contributed by atoms with E-state index in [1.807, 2.05) is 24.3 Å². The van der Waals surface area contributed by atoms with Crippen molar-refractivity contribution in [2.75, 3.05) is 4.43 Å². The number of hydrogen-bond acceptors (Lipinski definition) is 2. The fourth-order valence-electron chi connectivity index (χ4n) is 3.17. The minimum absolute atomic E-state index is 0.267. The number of hydrogen-bond donors (Lipinski definition) is 2. The summed E-state index contributed by atoms with van der Waals surface area (Å²) < 4.78 is 1.11. The van der Waals surface area contributed by atoms with Gasteiger partial charge < -0.3 is 10.2 Å². The van der Waals surface area contributed by atoms with Crippen LogP contribution < -0.4 is 0 Å². The van der Waals surface area contributed by atoms with Crippen molar-refractivity contribution in [2.24, 2.45) is 5.92 Å². The fraction of sp³-hybridized carbons (Fsp3) is 0.182. The summed E-state index contributed by atoms with van der Waals surface area (Å²) in [4.78, 5) is 0. The van der Waals surface area contributed by atoms with Gasteiger partial charge in [0.25, 0.3) is 0 Å². The van der Waals surface area contributed by atoms with Gasteiger partial charge in [-0.25, -0.2) is 0 Å². The molecule has 128 valence electrons. The molecule has 1 aliphatic rings. The van der Waals surface area contributed by atoms with Crippen LogP contribution in [0.25, 0.3) is 5.57 Å². The van der Waals surface area contributed by atoms with E-state index < -0.39 is 0 Å². The molecule has 0 amide bonds. The van der Waals surface area contributed by atoms with Crippen molar-refractivity contribution in [3.8, 4) is 11.5 Å². The maximum Gasteiger partial charge on any atom is 0.115 e. The van der Waals surface area contributed by atoms with Gasteiger partial charge in [0.15, 0.2) is 0 Å². The maximum atomic E-state index is 9.66. The molecule has 2 aromatic carbocycles. The van der Waals surface area contributed by atoms with Crippen LogP contribution in [0.1, 0.15) is 24.0 Å². The monoisotopic (exact) mass is 444 g/mol. The summed E-state index contributed by atoms with van der Waals surface area (Å²) in [6.07, 6.45) is 10.8. The Hall–Kier alpha value is -2.01. The smallest absolute Gasteiger partial charge is 0.115 e. The first-order valence-electron chi connectivity index (χ1n) is 8.42. The van der Waals surface area contributed by atoms with E-state index in [4.69, 9.17) is 0 Å². The van der Waals surface area contributed by atoms with Gasteiger partial charge in [-0.2, -0.15) is 0 Å². The standard InChI is InChI=1S/C22H21IO2/c23-15-3-6-21(16-4-1-2-5-16)22(17-7-11-19(24)12-8-17)18-9-13-20(25)14-10-18/h1-2,4-5,7-14,16,24-25H,3,6,15H2. The van der Waals surface area contributed by atoms with E-state index in [0.717, 1.165) is 28.4 Å². The maximum absolute atomic E-state index is 9.66. The predicted octanol–water partition coefficient (Wildman–Crippen LogP) is 5.86. The normalized spacial score (nSPS) is 13.3. The van der Waals surface area contributed by atoms with E-state index in [9.17, 15) is 10.2 Å². The van der Waals surface area contributed by atoms with Gasteiger partial charge in [0.1, 0.15) is 11.5 Å². The lowest BCUT2D eigenvalue weighted by Crippen LogP contribution is -2.03.